The number of likely N-dealkylation sites (N-methyl/N-ethyl adjacent to an activating group) is 1. The van der Waals surface area contributed by atoms with E-state index in [0.717, 1.165) is 19.6 Å². The van der Waals surface area contributed by atoms with Gasteiger partial charge in [-0.05, 0) is 26.4 Å². The lowest BCUT2D eigenvalue weighted by molar-refractivity contribution is -0.160. The van der Waals surface area contributed by atoms with E-state index in [0.29, 0.717) is 39.5 Å². The Morgan fingerprint density at radius 1 is 0.821 bits per heavy atom. The first-order valence-electron chi connectivity index (χ1n) is 7.99. The van der Waals surface area contributed by atoms with Crippen molar-refractivity contribution in [1.82, 2.24) is 4.90 Å². The number of hydrogen-bond acceptors (Lipinski definition) is 6. The van der Waals surface area contributed by atoms with Crippen LogP contribution in [0.3, 0.4) is 0 Å². The Bertz CT molecular complexity index is 286. The first-order chi connectivity index (χ1) is 10.5. The lowest BCUT2D eigenvalue weighted by Crippen LogP contribution is -2.38. The molecule has 180 valence electrons. The van der Waals surface area contributed by atoms with E-state index in [9.17, 15) is 4.79 Å². The molecule has 0 radical (unpaired) electrons. The van der Waals surface area contributed by atoms with Gasteiger partial charge in [-0.2, -0.15) is 0 Å². The third-order valence-corrected chi connectivity index (χ3v) is 3.74. The highest BCUT2D eigenvalue weighted by Gasteiger charge is 2.35. The van der Waals surface area contributed by atoms with E-state index >= 15 is 0 Å². The number of ether oxygens (including phenoxy) is 4. The standard InChI is InChI=1S/C16H33NO5.6CH4/c1-6-17(7-2)9-11-22-15(18)16(3,8-10-19-4)14-21-13-12-20-5;;;;;;/h6-14H2,1-5H3;6*1H4. The van der Waals surface area contributed by atoms with E-state index in [1.807, 2.05) is 6.92 Å². The summed E-state index contributed by atoms with van der Waals surface area (Å²) < 4.78 is 21.0. The summed E-state index contributed by atoms with van der Waals surface area (Å²) in [5.41, 5.74) is -0.687. The van der Waals surface area contributed by atoms with Crippen LogP contribution in [-0.4, -0.2) is 77.8 Å². The Morgan fingerprint density at radius 2 is 1.32 bits per heavy atom. The minimum atomic E-state index is -0.687. The van der Waals surface area contributed by atoms with Crippen molar-refractivity contribution in [2.45, 2.75) is 71.8 Å². The van der Waals surface area contributed by atoms with E-state index < -0.39 is 5.41 Å². The molecule has 0 aromatic rings. The zero-order valence-electron chi connectivity index (χ0n) is 14.9. The van der Waals surface area contributed by atoms with Crippen LogP contribution in [0.2, 0.25) is 0 Å². The van der Waals surface area contributed by atoms with Gasteiger partial charge in [-0.15, -0.1) is 0 Å². The van der Waals surface area contributed by atoms with Gasteiger partial charge >= 0.3 is 5.97 Å². The molecule has 0 saturated heterocycles. The van der Waals surface area contributed by atoms with Crippen LogP contribution in [0.5, 0.6) is 0 Å². The third-order valence-electron chi connectivity index (χ3n) is 3.74. The van der Waals surface area contributed by atoms with Crippen LogP contribution in [0.1, 0.15) is 71.8 Å². The maximum atomic E-state index is 12.4. The molecule has 0 spiro atoms. The average molecular weight is 416 g/mol. The molecule has 28 heavy (non-hydrogen) atoms. The van der Waals surface area contributed by atoms with Crippen molar-refractivity contribution in [3.05, 3.63) is 0 Å². The summed E-state index contributed by atoms with van der Waals surface area (Å²) in [4.78, 5) is 14.6. The minimum absolute atomic E-state index is 0. The van der Waals surface area contributed by atoms with Crippen LogP contribution in [0.25, 0.3) is 0 Å². The van der Waals surface area contributed by atoms with Gasteiger partial charge in [-0.25, -0.2) is 0 Å². The van der Waals surface area contributed by atoms with E-state index in [-0.39, 0.29) is 50.5 Å². The van der Waals surface area contributed by atoms with Gasteiger partial charge in [0.1, 0.15) is 6.61 Å². The molecule has 0 aromatic heterocycles. The van der Waals surface area contributed by atoms with Crippen molar-refractivity contribution in [1.29, 1.82) is 0 Å². The monoisotopic (exact) mass is 415 g/mol. The van der Waals surface area contributed by atoms with E-state index in [1.54, 1.807) is 14.2 Å². The molecular formula is C22H57NO5. The summed E-state index contributed by atoms with van der Waals surface area (Å²) in [7, 11) is 3.24. The molecule has 0 amide bonds. The number of nitrogens with zero attached hydrogens (tertiary/aromatic N) is 1. The van der Waals surface area contributed by atoms with Crippen molar-refractivity contribution < 1.29 is 23.7 Å². The molecule has 6 nitrogen and oxygen atoms in total. The summed E-state index contributed by atoms with van der Waals surface area (Å²) in [6.07, 6.45) is 0.570. The smallest absolute Gasteiger partial charge is 0.314 e. The first kappa shape index (κ1) is 45.8. The van der Waals surface area contributed by atoms with Crippen LogP contribution in [-0.2, 0) is 23.7 Å². The van der Waals surface area contributed by atoms with Crippen molar-refractivity contribution in [2.24, 2.45) is 5.41 Å². The number of rotatable bonds is 14. The molecule has 6 heteroatoms. The van der Waals surface area contributed by atoms with Gasteiger partial charge in [0, 0.05) is 27.4 Å². The van der Waals surface area contributed by atoms with Gasteiger partial charge in [0.25, 0.3) is 0 Å². The summed E-state index contributed by atoms with van der Waals surface area (Å²) >= 11 is 0. The highest BCUT2D eigenvalue weighted by Crippen LogP contribution is 2.24. The molecule has 1 unspecified atom stereocenters. The molecule has 0 bridgehead atoms. The highest BCUT2D eigenvalue weighted by molar-refractivity contribution is 5.76. The number of carbonyl (C=O) groups is 1. The van der Waals surface area contributed by atoms with Gasteiger partial charge in [0.05, 0.1) is 25.2 Å². The molecule has 0 saturated carbocycles. The van der Waals surface area contributed by atoms with Crippen LogP contribution in [0.4, 0.5) is 0 Å². The van der Waals surface area contributed by atoms with Gasteiger partial charge < -0.3 is 23.8 Å². The topological polar surface area (TPSA) is 57.2 Å². The summed E-state index contributed by atoms with van der Waals surface area (Å²) in [5, 5.41) is 0. The number of esters is 1. The quantitative estimate of drug-likeness (QED) is 0.280. The van der Waals surface area contributed by atoms with E-state index in [4.69, 9.17) is 18.9 Å². The minimum Gasteiger partial charge on any atom is -0.464 e. The fraction of sp³-hybridized carbons (Fsp3) is 0.955. The van der Waals surface area contributed by atoms with Gasteiger partial charge in [0.2, 0.25) is 0 Å². The second kappa shape index (κ2) is 28.5. The van der Waals surface area contributed by atoms with Crippen molar-refractivity contribution >= 4 is 5.97 Å². The highest BCUT2D eigenvalue weighted by atomic mass is 16.5. The lowest BCUT2D eigenvalue weighted by Gasteiger charge is -2.27. The summed E-state index contributed by atoms with van der Waals surface area (Å²) in [5.74, 6) is -0.228. The third kappa shape index (κ3) is 20.1. The summed E-state index contributed by atoms with van der Waals surface area (Å²) in [6.45, 7) is 10.9. The zero-order chi connectivity index (χ0) is 16.8. The Morgan fingerprint density at radius 3 is 1.75 bits per heavy atom. The number of carbonyl (C=O) groups excluding carboxylic acids is 1. The molecule has 0 aliphatic rings. The Kier molecular flexibility index (Phi) is 46.7. The fourth-order valence-corrected chi connectivity index (χ4v) is 1.98. The largest absolute Gasteiger partial charge is 0.464 e. The molecular weight excluding hydrogens is 358 g/mol. The van der Waals surface area contributed by atoms with Crippen molar-refractivity contribution in [3.8, 4) is 0 Å². The molecule has 0 heterocycles. The Balaban J connectivity index is -0.000000147. The fourth-order valence-electron chi connectivity index (χ4n) is 1.98. The molecule has 0 aromatic carbocycles. The maximum Gasteiger partial charge on any atom is 0.314 e. The van der Waals surface area contributed by atoms with E-state index in [2.05, 4.69) is 18.7 Å². The average Bonchev–Trinajstić information content (AvgIpc) is 2.53. The molecule has 0 aliphatic heterocycles. The van der Waals surface area contributed by atoms with Crippen molar-refractivity contribution in [3.63, 3.8) is 0 Å². The Labute approximate surface area is 179 Å². The molecule has 1 atom stereocenters. The predicted molar refractivity (Wildman–Crippen MR) is 126 cm³/mol. The van der Waals surface area contributed by atoms with Crippen LogP contribution < -0.4 is 0 Å². The normalized spacial score (nSPS) is 11.1. The molecule has 0 aliphatic carbocycles. The van der Waals surface area contributed by atoms with Gasteiger partial charge in [-0.3, -0.25) is 4.79 Å². The molecule has 0 N–H and O–H groups in total. The van der Waals surface area contributed by atoms with Crippen LogP contribution in [0.15, 0.2) is 0 Å². The molecule has 0 fully saturated rings. The van der Waals surface area contributed by atoms with Gasteiger partial charge in [-0.1, -0.05) is 58.4 Å². The van der Waals surface area contributed by atoms with Crippen LogP contribution >= 0.6 is 0 Å². The summed E-state index contributed by atoms with van der Waals surface area (Å²) in [6, 6.07) is 0. The predicted octanol–water partition coefficient (Wildman–Crippen LogP) is 5.39. The first-order valence-corrected chi connectivity index (χ1v) is 7.99. The van der Waals surface area contributed by atoms with Crippen LogP contribution in [0, 0.1) is 5.41 Å². The second-order valence-electron chi connectivity index (χ2n) is 5.51. The maximum absolute atomic E-state index is 12.4. The number of methoxy groups -OCH3 is 2. The second-order valence-corrected chi connectivity index (χ2v) is 5.51. The van der Waals surface area contributed by atoms with E-state index in [1.165, 1.54) is 0 Å². The lowest BCUT2D eigenvalue weighted by atomic mass is 9.88. The zero-order valence-corrected chi connectivity index (χ0v) is 14.9. The molecule has 0 rings (SSSR count). The SMILES string of the molecule is C.C.C.C.C.C.CCN(CC)CCOC(=O)C(C)(CCOC)COCCOC. The van der Waals surface area contributed by atoms with Crippen molar-refractivity contribution in [2.75, 3.05) is 66.9 Å². The number of hydrogen-bond donors (Lipinski definition) is 0. The Hall–Kier alpha value is -0.690. The van der Waals surface area contributed by atoms with Gasteiger partial charge in [0.15, 0.2) is 0 Å².